The highest BCUT2D eigenvalue weighted by atomic mass is 79.9. The summed E-state index contributed by atoms with van der Waals surface area (Å²) in [6, 6.07) is 0. The van der Waals surface area contributed by atoms with E-state index in [1.165, 1.54) is 0 Å². The molecule has 0 unspecified atom stereocenters. The number of hydrogen-bond acceptors (Lipinski definition) is 3. The molecule has 52 valence electrons. The summed E-state index contributed by atoms with van der Waals surface area (Å²) in [5, 5.41) is 0. The van der Waals surface area contributed by atoms with Crippen molar-refractivity contribution in [2.24, 2.45) is 0 Å². The van der Waals surface area contributed by atoms with Crippen molar-refractivity contribution in [3.8, 4) is 0 Å². The van der Waals surface area contributed by atoms with Crippen LogP contribution in [0.5, 0.6) is 0 Å². The minimum absolute atomic E-state index is 0.808. The van der Waals surface area contributed by atoms with E-state index in [2.05, 4.69) is 53.8 Å². The van der Waals surface area contributed by atoms with Crippen LogP contribution in [0, 0.1) is 0 Å². The van der Waals surface area contributed by atoms with Gasteiger partial charge in [-0.25, -0.2) is 4.03 Å². The molecule has 0 aliphatic carbocycles. The van der Waals surface area contributed by atoms with Crippen LogP contribution >= 0.6 is 48.2 Å². The van der Waals surface area contributed by atoms with Gasteiger partial charge in [-0.3, -0.25) is 0 Å². The van der Waals surface area contributed by atoms with Gasteiger partial charge in [-0.2, -0.15) is 4.03 Å². The van der Waals surface area contributed by atoms with Gasteiger partial charge < -0.3 is 0 Å². The zero-order valence-corrected chi connectivity index (χ0v) is 9.07. The molecule has 1 N–H and O–H groups in total. The second-order valence-corrected chi connectivity index (χ2v) is 4.15. The van der Waals surface area contributed by atoms with Crippen molar-refractivity contribution in [3.63, 3.8) is 0 Å². The predicted octanol–water partition coefficient (Wildman–Crippen LogP) is 1.88. The maximum atomic E-state index is 3.35. The van der Waals surface area contributed by atoms with Crippen LogP contribution in [0.25, 0.3) is 0 Å². The molecule has 0 saturated carbocycles. The van der Waals surface area contributed by atoms with Crippen LogP contribution in [-0.4, -0.2) is 14.6 Å². The summed E-state index contributed by atoms with van der Waals surface area (Å²) in [7, 11) is 0. The topological polar surface area (TPSA) is 18.5 Å². The highest BCUT2D eigenvalue weighted by Gasteiger charge is 2.10. The Balaban J connectivity index is 2.56. The Morgan fingerprint density at radius 1 is 1.56 bits per heavy atom. The summed E-state index contributed by atoms with van der Waals surface area (Å²) in [5.41, 5.74) is 2.90. The molecule has 0 amide bonds. The molecule has 0 aromatic carbocycles. The van der Waals surface area contributed by atoms with Crippen LogP contribution in [0.15, 0.2) is 10.7 Å². The van der Waals surface area contributed by atoms with E-state index in [0.717, 1.165) is 11.0 Å². The Labute approximate surface area is 78.8 Å². The SMILES string of the molecule is BrC1=CN(Br)NN(Br)C1. The number of hydrogen-bond donors (Lipinski definition) is 1. The fourth-order valence-corrected chi connectivity index (χ4v) is 2.62. The lowest BCUT2D eigenvalue weighted by Gasteiger charge is -2.25. The molecule has 1 aliphatic rings. The van der Waals surface area contributed by atoms with Crippen LogP contribution in [0.3, 0.4) is 0 Å². The summed E-state index contributed by atoms with van der Waals surface area (Å²) in [4.78, 5) is 0. The van der Waals surface area contributed by atoms with E-state index in [-0.39, 0.29) is 0 Å². The van der Waals surface area contributed by atoms with Crippen molar-refractivity contribution in [3.05, 3.63) is 10.7 Å². The molecule has 0 aromatic heterocycles. The third-order valence-electron chi connectivity index (χ3n) is 0.747. The molecular formula is C3H4Br3N3. The Bertz CT molecular complexity index is 136. The van der Waals surface area contributed by atoms with Crippen molar-refractivity contribution in [1.82, 2.24) is 13.6 Å². The van der Waals surface area contributed by atoms with Gasteiger partial charge in [-0.15, -0.1) is 5.53 Å². The minimum Gasteiger partial charge on any atom is -0.234 e. The predicted molar refractivity (Wildman–Crippen MR) is 46.5 cm³/mol. The lowest BCUT2D eigenvalue weighted by molar-refractivity contribution is 0.253. The summed E-state index contributed by atoms with van der Waals surface area (Å²) in [5.74, 6) is 0. The first kappa shape index (κ1) is 8.00. The Morgan fingerprint density at radius 3 is 2.67 bits per heavy atom. The van der Waals surface area contributed by atoms with Crippen molar-refractivity contribution >= 4 is 48.2 Å². The zero-order valence-electron chi connectivity index (χ0n) is 4.31. The van der Waals surface area contributed by atoms with Crippen LogP contribution in [0.4, 0.5) is 0 Å². The highest BCUT2D eigenvalue weighted by molar-refractivity contribution is 9.12. The van der Waals surface area contributed by atoms with Gasteiger partial charge in [0.1, 0.15) is 0 Å². The van der Waals surface area contributed by atoms with E-state index in [4.69, 9.17) is 0 Å². The average Bonchev–Trinajstić information content (AvgIpc) is 1.59. The second-order valence-electron chi connectivity index (χ2n) is 1.51. The molecule has 0 atom stereocenters. The van der Waals surface area contributed by atoms with E-state index in [9.17, 15) is 0 Å². The van der Waals surface area contributed by atoms with Crippen LogP contribution < -0.4 is 5.53 Å². The third-order valence-corrected chi connectivity index (χ3v) is 1.98. The largest absolute Gasteiger partial charge is 0.234 e. The van der Waals surface area contributed by atoms with Gasteiger partial charge in [0.15, 0.2) is 0 Å². The summed E-state index contributed by atoms with van der Waals surface area (Å²) in [6.45, 7) is 0.808. The first-order valence-corrected chi connectivity index (χ1v) is 4.40. The van der Waals surface area contributed by atoms with Gasteiger partial charge >= 0.3 is 0 Å². The summed E-state index contributed by atoms with van der Waals surface area (Å²) < 4.78 is 4.51. The van der Waals surface area contributed by atoms with Gasteiger partial charge in [0, 0.05) is 26.8 Å². The fourth-order valence-electron chi connectivity index (χ4n) is 0.464. The lowest BCUT2D eigenvalue weighted by atomic mass is 10.6. The Hall–Kier alpha value is 0.900. The molecule has 1 aliphatic heterocycles. The molecular weight excluding hydrogens is 318 g/mol. The van der Waals surface area contributed by atoms with Crippen molar-refractivity contribution in [2.75, 3.05) is 6.54 Å². The maximum absolute atomic E-state index is 3.35. The zero-order chi connectivity index (χ0) is 6.85. The second kappa shape index (κ2) is 3.34. The molecule has 0 saturated heterocycles. The molecule has 9 heavy (non-hydrogen) atoms. The molecule has 1 heterocycles. The lowest BCUT2D eigenvalue weighted by Crippen LogP contribution is -2.40. The minimum atomic E-state index is 0.808. The van der Waals surface area contributed by atoms with Crippen molar-refractivity contribution in [1.29, 1.82) is 0 Å². The quantitative estimate of drug-likeness (QED) is 0.687. The molecule has 0 radical (unpaired) electrons. The molecule has 0 aromatic rings. The van der Waals surface area contributed by atoms with Gasteiger partial charge in [0.05, 0.1) is 22.7 Å². The molecule has 0 spiro atoms. The summed E-state index contributed by atoms with van der Waals surface area (Å²) >= 11 is 9.81. The molecule has 6 heteroatoms. The molecule has 1 rings (SSSR count). The van der Waals surface area contributed by atoms with Gasteiger partial charge in [-0.1, -0.05) is 15.9 Å². The van der Waals surface area contributed by atoms with E-state index < -0.39 is 0 Å². The maximum Gasteiger partial charge on any atom is 0.0678 e. The summed E-state index contributed by atoms with van der Waals surface area (Å²) in [6.07, 6.45) is 1.89. The monoisotopic (exact) mass is 319 g/mol. The normalized spacial score (nSPS) is 22.1. The standard InChI is InChI=1S/C3H4Br3N3/c4-3-1-8(5)7-9(6)2-3/h1,7H,2H2. The number of hydrazine groups is 2. The van der Waals surface area contributed by atoms with Gasteiger partial charge in [0.2, 0.25) is 0 Å². The Kier molecular flexibility index (Phi) is 2.97. The van der Waals surface area contributed by atoms with Crippen molar-refractivity contribution in [2.45, 2.75) is 0 Å². The van der Waals surface area contributed by atoms with Gasteiger partial charge in [0.25, 0.3) is 0 Å². The number of nitrogens with one attached hydrogen (secondary N) is 1. The third kappa shape index (κ3) is 2.55. The number of halogens is 3. The smallest absolute Gasteiger partial charge is 0.0678 e. The van der Waals surface area contributed by atoms with Crippen molar-refractivity contribution < 1.29 is 0 Å². The van der Waals surface area contributed by atoms with Gasteiger partial charge in [-0.05, 0) is 0 Å². The highest BCUT2D eigenvalue weighted by Crippen LogP contribution is 2.16. The first-order valence-electron chi connectivity index (χ1n) is 2.19. The van der Waals surface area contributed by atoms with Crippen LogP contribution in [0.1, 0.15) is 0 Å². The molecule has 0 fully saturated rings. The fraction of sp³-hybridized carbons (Fsp3) is 0.333. The van der Waals surface area contributed by atoms with E-state index in [0.29, 0.717) is 0 Å². The van der Waals surface area contributed by atoms with E-state index in [1.807, 2.05) is 6.20 Å². The molecule has 3 nitrogen and oxygen atoms in total. The number of nitrogens with zero attached hydrogens (tertiary/aromatic N) is 2. The van der Waals surface area contributed by atoms with E-state index >= 15 is 0 Å². The van der Waals surface area contributed by atoms with E-state index in [1.54, 1.807) is 8.07 Å². The molecule has 0 bridgehead atoms. The first-order chi connectivity index (χ1) is 4.18. The van der Waals surface area contributed by atoms with Crippen LogP contribution in [0.2, 0.25) is 0 Å². The number of rotatable bonds is 0. The van der Waals surface area contributed by atoms with Crippen LogP contribution in [-0.2, 0) is 0 Å². The average molecular weight is 322 g/mol. The Morgan fingerprint density at radius 2 is 2.22 bits per heavy atom.